The number of ether oxygens (including phenoxy) is 1. The molecule has 2 rings (SSSR count). The Balaban J connectivity index is 2.10. The van der Waals surface area contributed by atoms with E-state index in [0.717, 1.165) is 25.7 Å². The summed E-state index contributed by atoms with van der Waals surface area (Å²) in [7, 11) is 0. The SMILES string of the molecule is CCN1CC(COc2cc(F)cc(F)c2C(C)(C)C)C1. The summed E-state index contributed by atoms with van der Waals surface area (Å²) in [5.74, 6) is -0.329. The van der Waals surface area contributed by atoms with Crippen molar-refractivity contribution in [3.8, 4) is 5.75 Å². The van der Waals surface area contributed by atoms with Gasteiger partial charge in [0.25, 0.3) is 0 Å². The van der Waals surface area contributed by atoms with E-state index >= 15 is 0 Å². The fourth-order valence-electron chi connectivity index (χ4n) is 2.64. The lowest BCUT2D eigenvalue weighted by molar-refractivity contribution is 0.0662. The molecule has 2 nitrogen and oxygen atoms in total. The second kappa shape index (κ2) is 5.68. The molecule has 0 unspecified atom stereocenters. The fourth-order valence-corrected chi connectivity index (χ4v) is 2.64. The number of hydrogen-bond donors (Lipinski definition) is 0. The number of hydrogen-bond acceptors (Lipinski definition) is 2. The van der Waals surface area contributed by atoms with E-state index in [4.69, 9.17) is 4.74 Å². The van der Waals surface area contributed by atoms with Crippen molar-refractivity contribution in [3.63, 3.8) is 0 Å². The van der Waals surface area contributed by atoms with Crippen LogP contribution < -0.4 is 4.74 Å². The number of rotatable bonds is 4. The lowest BCUT2D eigenvalue weighted by Crippen LogP contribution is -2.48. The molecule has 1 fully saturated rings. The molecule has 1 aromatic carbocycles. The van der Waals surface area contributed by atoms with E-state index in [9.17, 15) is 8.78 Å². The molecule has 0 aliphatic carbocycles. The minimum Gasteiger partial charge on any atom is -0.493 e. The summed E-state index contributed by atoms with van der Waals surface area (Å²) in [6.45, 7) is 11.4. The smallest absolute Gasteiger partial charge is 0.133 e. The molecular weight excluding hydrogens is 260 g/mol. The Morgan fingerprint density at radius 2 is 1.90 bits per heavy atom. The van der Waals surface area contributed by atoms with Crippen LogP contribution >= 0.6 is 0 Å². The Morgan fingerprint density at radius 1 is 1.25 bits per heavy atom. The fraction of sp³-hybridized carbons (Fsp3) is 0.625. The third kappa shape index (κ3) is 3.29. The predicted octanol–water partition coefficient (Wildman–Crippen LogP) is 3.59. The van der Waals surface area contributed by atoms with Gasteiger partial charge in [0, 0.05) is 36.7 Å². The minimum atomic E-state index is -0.589. The summed E-state index contributed by atoms with van der Waals surface area (Å²) in [6, 6.07) is 2.22. The van der Waals surface area contributed by atoms with Crippen molar-refractivity contribution >= 4 is 0 Å². The van der Waals surface area contributed by atoms with Crippen LogP contribution in [0, 0.1) is 17.6 Å². The molecule has 0 aromatic heterocycles. The third-order valence-corrected chi connectivity index (χ3v) is 3.72. The maximum absolute atomic E-state index is 14.0. The highest BCUT2D eigenvalue weighted by atomic mass is 19.1. The highest BCUT2D eigenvalue weighted by Crippen LogP contribution is 2.35. The van der Waals surface area contributed by atoms with Crippen LogP contribution in [0.4, 0.5) is 8.78 Å². The molecule has 0 bridgehead atoms. The van der Waals surface area contributed by atoms with Crippen LogP contribution in [0.15, 0.2) is 12.1 Å². The molecule has 1 aromatic rings. The van der Waals surface area contributed by atoms with Crippen LogP contribution in [0.2, 0.25) is 0 Å². The molecule has 1 heterocycles. The second-order valence-corrected chi connectivity index (χ2v) is 6.54. The van der Waals surface area contributed by atoms with E-state index in [1.54, 1.807) is 0 Å². The first-order valence-electron chi connectivity index (χ1n) is 7.16. The van der Waals surface area contributed by atoms with E-state index in [1.165, 1.54) is 6.07 Å². The largest absolute Gasteiger partial charge is 0.493 e. The highest BCUT2D eigenvalue weighted by Gasteiger charge is 2.28. The van der Waals surface area contributed by atoms with Crippen molar-refractivity contribution in [2.75, 3.05) is 26.2 Å². The quantitative estimate of drug-likeness (QED) is 0.837. The minimum absolute atomic E-state index is 0.338. The average molecular weight is 283 g/mol. The Kier molecular flexibility index (Phi) is 4.33. The summed E-state index contributed by atoms with van der Waals surface area (Å²) in [6.07, 6.45) is 0. The third-order valence-electron chi connectivity index (χ3n) is 3.72. The molecule has 0 saturated carbocycles. The molecule has 4 heteroatoms. The van der Waals surface area contributed by atoms with Gasteiger partial charge in [0.05, 0.1) is 6.61 Å². The lowest BCUT2D eigenvalue weighted by Gasteiger charge is -2.38. The van der Waals surface area contributed by atoms with E-state index < -0.39 is 17.0 Å². The van der Waals surface area contributed by atoms with E-state index in [1.807, 2.05) is 20.8 Å². The van der Waals surface area contributed by atoms with Crippen LogP contribution in [0.1, 0.15) is 33.3 Å². The predicted molar refractivity (Wildman–Crippen MR) is 76.2 cm³/mol. The van der Waals surface area contributed by atoms with Crippen molar-refractivity contribution in [2.24, 2.45) is 5.92 Å². The number of benzene rings is 1. The molecule has 112 valence electrons. The maximum Gasteiger partial charge on any atom is 0.133 e. The van der Waals surface area contributed by atoms with Crippen molar-refractivity contribution < 1.29 is 13.5 Å². The van der Waals surface area contributed by atoms with Crippen LogP contribution in [0.25, 0.3) is 0 Å². The average Bonchev–Trinajstić information content (AvgIpc) is 2.24. The Morgan fingerprint density at radius 3 is 2.45 bits per heavy atom. The highest BCUT2D eigenvalue weighted by molar-refractivity contribution is 5.40. The zero-order valence-electron chi connectivity index (χ0n) is 12.7. The monoisotopic (exact) mass is 283 g/mol. The van der Waals surface area contributed by atoms with E-state index in [0.29, 0.717) is 23.8 Å². The maximum atomic E-state index is 14.0. The number of nitrogens with zero attached hydrogens (tertiary/aromatic N) is 1. The van der Waals surface area contributed by atoms with Gasteiger partial charge >= 0.3 is 0 Å². The molecule has 20 heavy (non-hydrogen) atoms. The molecule has 0 radical (unpaired) electrons. The number of likely N-dealkylation sites (tertiary alicyclic amines) is 1. The van der Waals surface area contributed by atoms with Crippen molar-refractivity contribution in [1.82, 2.24) is 4.90 Å². The number of halogens is 2. The Hall–Kier alpha value is -1.16. The summed E-state index contributed by atoms with van der Waals surface area (Å²) in [5.41, 5.74) is 0.0351. The van der Waals surface area contributed by atoms with Crippen LogP contribution in [-0.2, 0) is 5.41 Å². The van der Waals surface area contributed by atoms with Gasteiger partial charge < -0.3 is 9.64 Å². The first-order chi connectivity index (χ1) is 9.31. The molecule has 0 spiro atoms. The standard InChI is InChI=1S/C16H23F2NO/c1-5-19-8-11(9-19)10-20-14-7-12(17)6-13(18)15(14)16(2,3)4/h6-7,11H,5,8-10H2,1-4H3. The van der Waals surface area contributed by atoms with Crippen LogP contribution in [-0.4, -0.2) is 31.1 Å². The van der Waals surface area contributed by atoms with Gasteiger partial charge in [-0.15, -0.1) is 0 Å². The lowest BCUT2D eigenvalue weighted by atomic mass is 9.86. The molecule has 0 amide bonds. The van der Waals surface area contributed by atoms with Crippen molar-refractivity contribution in [1.29, 1.82) is 0 Å². The summed E-state index contributed by atoms with van der Waals surface area (Å²) in [4.78, 5) is 2.31. The summed E-state index contributed by atoms with van der Waals surface area (Å²) in [5, 5.41) is 0. The van der Waals surface area contributed by atoms with Gasteiger partial charge in [0.2, 0.25) is 0 Å². The topological polar surface area (TPSA) is 12.5 Å². The van der Waals surface area contributed by atoms with Gasteiger partial charge in [0.15, 0.2) is 0 Å². The molecular formula is C16H23F2NO. The first kappa shape index (κ1) is 15.2. The Labute approximate surface area is 119 Å². The van der Waals surface area contributed by atoms with Gasteiger partial charge in [-0.25, -0.2) is 8.78 Å². The van der Waals surface area contributed by atoms with Crippen molar-refractivity contribution in [2.45, 2.75) is 33.1 Å². The van der Waals surface area contributed by atoms with E-state index in [-0.39, 0.29) is 0 Å². The zero-order valence-corrected chi connectivity index (χ0v) is 12.7. The van der Waals surface area contributed by atoms with E-state index in [2.05, 4.69) is 11.8 Å². The van der Waals surface area contributed by atoms with Gasteiger partial charge in [-0.05, 0) is 12.0 Å². The molecule has 1 saturated heterocycles. The first-order valence-corrected chi connectivity index (χ1v) is 7.16. The van der Waals surface area contributed by atoms with Crippen LogP contribution in [0.3, 0.4) is 0 Å². The summed E-state index contributed by atoms with van der Waals surface area (Å²) < 4.78 is 33.1. The summed E-state index contributed by atoms with van der Waals surface area (Å²) >= 11 is 0. The molecule has 0 N–H and O–H groups in total. The van der Waals surface area contributed by atoms with Gasteiger partial charge in [-0.2, -0.15) is 0 Å². The molecule has 1 aliphatic heterocycles. The van der Waals surface area contributed by atoms with Gasteiger partial charge in [-0.3, -0.25) is 0 Å². The normalized spacial score (nSPS) is 17.1. The van der Waals surface area contributed by atoms with Gasteiger partial charge in [0.1, 0.15) is 17.4 Å². The second-order valence-electron chi connectivity index (χ2n) is 6.54. The molecule has 1 aliphatic rings. The zero-order chi connectivity index (χ0) is 14.9. The van der Waals surface area contributed by atoms with Gasteiger partial charge in [-0.1, -0.05) is 27.7 Å². The van der Waals surface area contributed by atoms with Crippen molar-refractivity contribution in [3.05, 3.63) is 29.3 Å². The molecule has 0 atom stereocenters. The Bertz CT molecular complexity index is 476. The van der Waals surface area contributed by atoms with Crippen LogP contribution in [0.5, 0.6) is 5.75 Å².